The number of hydrogen-bond donors (Lipinski definition) is 1. The monoisotopic (exact) mass is 406 g/mol. The Morgan fingerprint density at radius 1 is 1.25 bits per heavy atom. The fraction of sp³-hybridized carbons (Fsp3) is 0.118. The third-order valence-electron chi connectivity index (χ3n) is 3.04. The number of ether oxygens (including phenoxy) is 1. The summed E-state index contributed by atoms with van der Waals surface area (Å²) in [6.07, 6.45) is 6.89. The quantitative estimate of drug-likeness (QED) is 0.591. The molecule has 0 aliphatic carbocycles. The van der Waals surface area contributed by atoms with Crippen LogP contribution in [0.1, 0.15) is 11.1 Å². The molecule has 0 saturated heterocycles. The molecular formula is C17H15BrN2O3S. The van der Waals surface area contributed by atoms with Crippen molar-refractivity contribution in [2.45, 2.75) is 11.4 Å². The van der Waals surface area contributed by atoms with E-state index in [0.717, 1.165) is 15.6 Å². The fourth-order valence-electron chi connectivity index (χ4n) is 1.91. The zero-order valence-corrected chi connectivity index (χ0v) is 15.0. The highest BCUT2D eigenvalue weighted by Crippen LogP contribution is 2.22. The number of sulfonamides is 1. The van der Waals surface area contributed by atoms with Gasteiger partial charge in [-0.2, -0.15) is 0 Å². The maximum absolute atomic E-state index is 11.2. The van der Waals surface area contributed by atoms with Gasteiger partial charge in [-0.3, -0.25) is 4.99 Å². The number of primary sulfonamides is 1. The summed E-state index contributed by atoms with van der Waals surface area (Å²) in [6, 6.07) is 11.8. The van der Waals surface area contributed by atoms with E-state index >= 15 is 0 Å². The Balaban J connectivity index is 2.11. The van der Waals surface area contributed by atoms with E-state index in [2.05, 4.69) is 26.8 Å². The van der Waals surface area contributed by atoms with Gasteiger partial charge >= 0.3 is 0 Å². The Morgan fingerprint density at radius 3 is 2.58 bits per heavy atom. The average molecular weight is 407 g/mol. The minimum absolute atomic E-state index is 0.0761. The molecule has 24 heavy (non-hydrogen) atoms. The summed E-state index contributed by atoms with van der Waals surface area (Å²) >= 11 is 3.40. The molecule has 2 rings (SSSR count). The second kappa shape index (κ2) is 8.11. The molecule has 124 valence electrons. The lowest BCUT2D eigenvalue weighted by Crippen LogP contribution is -2.11. The Kier molecular flexibility index (Phi) is 6.15. The third kappa shape index (κ3) is 5.20. The van der Waals surface area contributed by atoms with Crippen LogP contribution >= 0.6 is 15.9 Å². The minimum Gasteiger partial charge on any atom is -0.480 e. The van der Waals surface area contributed by atoms with Gasteiger partial charge in [0.1, 0.15) is 12.4 Å². The Labute approximate surface area is 149 Å². The molecule has 5 nitrogen and oxygen atoms in total. The van der Waals surface area contributed by atoms with Crippen molar-refractivity contribution >= 4 is 32.2 Å². The van der Waals surface area contributed by atoms with E-state index < -0.39 is 10.0 Å². The number of aliphatic imine (C=N–C) groups is 1. The van der Waals surface area contributed by atoms with E-state index in [-0.39, 0.29) is 11.5 Å². The van der Waals surface area contributed by atoms with Gasteiger partial charge < -0.3 is 4.74 Å². The molecule has 2 aromatic rings. The second-order valence-electron chi connectivity index (χ2n) is 4.83. The molecule has 7 heteroatoms. The molecule has 0 bridgehead atoms. The summed E-state index contributed by atoms with van der Waals surface area (Å²) in [5.41, 5.74) is 1.65. The standard InChI is InChI=1S/C17H15BrN2O3S/c1-2-9-23-17-8-5-15(18)10-14(17)12-20-11-13-3-6-16(7-4-13)24(19,21)22/h1,3-8,10,12H,9,11H2,(H2,19,21,22). The smallest absolute Gasteiger partial charge is 0.238 e. The maximum atomic E-state index is 11.2. The number of rotatable bonds is 6. The van der Waals surface area contributed by atoms with Crippen molar-refractivity contribution in [2.75, 3.05) is 6.61 Å². The molecular weight excluding hydrogens is 392 g/mol. The SMILES string of the molecule is C#CCOc1ccc(Br)cc1C=NCc1ccc(S(N)(=O)=O)cc1. The average Bonchev–Trinajstić information content (AvgIpc) is 2.54. The molecule has 0 heterocycles. The first-order valence-electron chi connectivity index (χ1n) is 6.87. The number of halogens is 1. The number of terminal acetylenes is 1. The molecule has 0 aliphatic rings. The first kappa shape index (κ1) is 18.2. The van der Waals surface area contributed by atoms with Gasteiger partial charge in [0, 0.05) is 16.3 Å². The van der Waals surface area contributed by atoms with Gasteiger partial charge in [0.2, 0.25) is 10.0 Å². The first-order valence-corrected chi connectivity index (χ1v) is 9.21. The Hall–Kier alpha value is -2.14. The van der Waals surface area contributed by atoms with Crippen molar-refractivity contribution in [3.63, 3.8) is 0 Å². The molecule has 2 N–H and O–H groups in total. The van der Waals surface area contributed by atoms with Crippen molar-refractivity contribution in [3.05, 3.63) is 58.1 Å². The molecule has 0 unspecified atom stereocenters. The molecule has 0 aromatic heterocycles. The topological polar surface area (TPSA) is 81.8 Å². The minimum atomic E-state index is -3.68. The highest BCUT2D eigenvalue weighted by atomic mass is 79.9. The molecule has 2 aromatic carbocycles. The lowest BCUT2D eigenvalue weighted by Gasteiger charge is -2.06. The van der Waals surface area contributed by atoms with Crippen LogP contribution in [0.25, 0.3) is 0 Å². The van der Waals surface area contributed by atoms with Crippen LogP contribution in [0.5, 0.6) is 5.75 Å². The van der Waals surface area contributed by atoms with E-state index in [4.69, 9.17) is 16.3 Å². The van der Waals surface area contributed by atoms with E-state index in [1.165, 1.54) is 12.1 Å². The number of hydrogen-bond acceptors (Lipinski definition) is 4. The Bertz CT molecular complexity index is 885. The molecule has 0 fully saturated rings. The molecule has 0 radical (unpaired) electrons. The van der Waals surface area contributed by atoms with E-state index in [1.54, 1.807) is 18.3 Å². The lowest BCUT2D eigenvalue weighted by molar-refractivity contribution is 0.370. The maximum Gasteiger partial charge on any atom is 0.238 e. The van der Waals surface area contributed by atoms with Gasteiger partial charge in [-0.15, -0.1) is 6.42 Å². The van der Waals surface area contributed by atoms with Crippen LogP contribution in [0.2, 0.25) is 0 Å². The largest absolute Gasteiger partial charge is 0.480 e. The summed E-state index contributed by atoms with van der Waals surface area (Å²) in [6.45, 7) is 0.573. The Morgan fingerprint density at radius 2 is 1.96 bits per heavy atom. The van der Waals surface area contributed by atoms with Gasteiger partial charge in [0.25, 0.3) is 0 Å². The van der Waals surface area contributed by atoms with Crippen molar-refractivity contribution in [2.24, 2.45) is 10.1 Å². The van der Waals surface area contributed by atoms with Gasteiger partial charge in [-0.05, 0) is 35.9 Å². The predicted octanol–water partition coefficient (Wildman–Crippen LogP) is 2.73. The number of benzene rings is 2. The summed E-state index contributed by atoms with van der Waals surface area (Å²) in [5, 5.41) is 5.06. The zero-order chi connectivity index (χ0) is 17.6. The fourth-order valence-corrected chi connectivity index (χ4v) is 2.80. The molecule has 0 aliphatic heterocycles. The highest BCUT2D eigenvalue weighted by molar-refractivity contribution is 9.10. The molecule has 0 spiro atoms. The third-order valence-corrected chi connectivity index (χ3v) is 4.46. The van der Waals surface area contributed by atoms with Crippen LogP contribution in [0.15, 0.2) is 56.8 Å². The van der Waals surface area contributed by atoms with Crippen LogP contribution in [-0.4, -0.2) is 21.2 Å². The van der Waals surface area contributed by atoms with Crippen LogP contribution in [-0.2, 0) is 16.6 Å². The van der Waals surface area contributed by atoms with Crippen LogP contribution in [0.4, 0.5) is 0 Å². The van der Waals surface area contributed by atoms with E-state index in [9.17, 15) is 8.42 Å². The van der Waals surface area contributed by atoms with Crippen molar-refractivity contribution in [1.82, 2.24) is 0 Å². The number of nitrogens with zero attached hydrogens (tertiary/aromatic N) is 1. The van der Waals surface area contributed by atoms with Gasteiger partial charge in [0.05, 0.1) is 11.4 Å². The van der Waals surface area contributed by atoms with Crippen LogP contribution in [0.3, 0.4) is 0 Å². The van der Waals surface area contributed by atoms with Gasteiger partial charge in [-0.25, -0.2) is 13.6 Å². The predicted molar refractivity (Wildman–Crippen MR) is 97.6 cm³/mol. The van der Waals surface area contributed by atoms with Crippen LogP contribution in [0, 0.1) is 12.3 Å². The second-order valence-corrected chi connectivity index (χ2v) is 7.31. The zero-order valence-electron chi connectivity index (χ0n) is 12.6. The van der Waals surface area contributed by atoms with Gasteiger partial charge in [0.15, 0.2) is 0 Å². The highest BCUT2D eigenvalue weighted by Gasteiger charge is 2.06. The summed E-state index contributed by atoms with van der Waals surface area (Å²) in [4.78, 5) is 4.43. The normalized spacial score (nSPS) is 11.4. The van der Waals surface area contributed by atoms with Gasteiger partial charge in [-0.1, -0.05) is 34.0 Å². The van der Waals surface area contributed by atoms with E-state index in [0.29, 0.717) is 12.3 Å². The van der Waals surface area contributed by atoms with Crippen molar-refractivity contribution in [3.8, 4) is 18.1 Å². The molecule has 0 saturated carbocycles. The van der Waals surface area contributed by atoms with Crippen molar-refractivity contribution < 1.29 is 13.2 Å². The number of nitrogens with two attached hydrogens (primary N) is 1. The lowest BCUT2D eigenvalue weighted by atomic mass is 10.2. The summed E-state index contributed by atoms with van der Waals surface area (Å²) in [7, 11) is -3.68. The van der Waals surface area contributed by atoms with Crippen LogP contribution < -0.4 is 9.88 Å². The summed E-state index contributed by atoms with van der Waals surface area (Å²) in [5.74, 6) is 3.06. The summed E-state index contributed by atoms with van der Waals surface area (Å²) < 4.78 is 28.8. The molecule has 0 amide bonds. The first-order chi connectivity index (χ1) is 11.4. The molecule has 0 atom stereocenters. The van der Waals surface area contributed by atoms with Crippen molar-refractivity contribution in [1.29, 1.82) is 0 Å². The van der Waals surface area contributed by atoms with E-state index in [1.807, 2.05) is 18.2 Å².